The summed E-state index contributed by atoms with van der Waals surface area (Å²) in [7, 11) is 7.01. The van der Waals surface area contributed by atoms with Crippen molar-refractivity contribution in [1.82, 2.24) is 9.80 Å². The fourth-order valence-electron chi connectivity index (χ4n) is 13.5. The second kappa shape index (κ2) is 19.2. The zero-order valence-electron chi connectivity index (χ0n) is 52.5. The average molecular weight is 1090 g/mol. The van der Waals surface area contributed by atoms with Crippen molar-refractivity contribution in [3.05, 3.63) is 158 Å². The molecular formula is C72H76N4O6. The Bertz CT molecular complexity index is 4110. The van der Waals surface area contributed by atoms with Crippen LogP contribution in [0.4, 0.5) is 0 Å². The number of nitrogens with zero attached hydrogens (tertiary/aromatic N) is 4. The molecule has 0 fully saturated rings. The number of carbonyl (C=O) groups is 2. The second-order valence-electron chi connectivity index (χ2n) is 23.7. The van der Waals surface area contributed by atoms with Crippen LogP contribution < -0.4 is 18.9 Å². The molecule has 9 aromatic carbocycles. The molecular weight excluding hydrogens is 1020 g/mol. The van der Waals surface area contributed by atoms with Gasteiger partial charge in [-0.05, 0) is 274 Å². The van der Waals surface area contributed by atoms with E-state index in [0.29, 0.717) is 100 Å². The Kier molecular flexibility index (Phi) is 13.0. The van der Waals surface area contributed by atoms with Crippen LogP contribution in [-0.4, -0.2) is 61.5 Å². The van der Waals surface area contributed by atoms with Crippen LogP contribution in [0.2, 0.25) is 0 Å². The Hall–Kier alpha value is -8.24. The zero-order chi connectivity index (χ0) is 59.6. The van der Waals surface area contributed by atoms with E-state index in [2.05, 4.69) is 151 Å². The van der Waals surface area contributed by atoms with Gasteiger partial charge in [0.1, 0.15) is 57.7 Å². The molecule has 0 aliphatic carbocycles. The van der Waals surface area contributed by atoms with Crippen molar-refractivity contribution >= 4 is 66.6 Å². The summed E-state index contributed by atoms with van der Waals surface area (Å²) in [5.74, 6) is 5.29. The van der Waals surface area contributed by atoms with Crippen LogP contribution in [0.5, 0.6) is 46.0 Å². The Morgan fingerprint density at radius 3 is 0.646 bits per heavy atom. The first-order valence-electron chi connectivity index (χ1n) is 28.5. The molecule has 0 atom stereocenters. The first-order chi connectivity index (χ1) is 38.6. The van der Waals surface area contributed by atoms with Crippen molar-refractivity contribution in [2.24, 2.45) is 9.98 Å². The van der Waals surface area contributed by atoms with Crippen LogP contribution in [0.15, 0.2) is 34.3 Å². The quantitative estimate of drug-likeness (QED) is 0.111. The van der Waals surface area contributed by atoms with Gasteiger partial charge in [0, 0.05) is 82.4 Å². The van der Waals surface area contributed by atoms with Gasteiger partial charge in [0.05, 0.1) is 11.1 Å². The van der Waals surface area contributed by atoms with Crippen molar-refractivity contribution in [2.75, 3.05) is 28.2 Å². The van der Waals surface area contributed by atoms with E-state index >= 15 is 9.59 Å². The van der Waals surface area contributed by atoms with Gasteiger partial charge in [-0.25, -0.2) is 0 Å². The predicted molar refractivity (Wildman–Crippen MR) is 338 cm³/mol. The Morgan fingerprint density at radius 1 is 0.268 bits per heavy atom. The van der Waals surface area contributed by atoms with Crippen molar-refractivity contribution < 1.29 is 28.5 Å². The highest BCUT2D eigenvalue weighted by atomic mass is 16.5. The maximum atomic E-state index is 15.5. The van der Waals surface area contributed by atoms with Crippen molar-refractivity contribution in [3.63, 3.8) is 0 Å². The SMILES string of the molecule is CN=C1c2cc(Oc3c(C)c(C)c(C)c(C)c3C)c3c4c(Oc5c(C)c(C)c(C)c(C)c5C)cc5c6c(cc(Oc7c(C)c(C)c(C)c(C)c7C)c(c7c(Oc8c(C)c(C)c(C)c(C)c8C)cc(c2c73)C(=O)N1C)c64)C(=NC)N(C)C5=O. The van der Waals surface area contributed by atoms with Gasteiger partial charge >= 0.3 is 0 Å². The number of aliphatic imine (C=N–C) groups is 2. The fraction of sp³-hybridized carbons (Fsp3) is 0.333. The summed E-state index contributed by atoms with van der Waals surface area (Å²) in [6.45, 7) is 42.7. The lowest BCUT2D eigenvalue weighted by Gasteiger charge is -2.33. The van der Waals surface area contributed by atoms with Crippen molar-refractivity contribution in [3.8, 4) is 46.0 Å². The second-order valence-corrected chi connectivity index (χ2v) is 23.7. The third kappa shape index (κ3) is 7.44. The standard InChI is InChI=1S/C72H76N4O6/c1-29-33(5)41(13)65(42(14)34(29)6)79-53-25-49-57-51(71(77)75(23)69(49)73-21)28-56(82-68-47(19)39(11)32(4)40(12)48(68)20)62-60-54(80-66-43(15)35(7)30(2)36(8)44(66)16)26-50-58-52(72(78)76(24)70(50)74-22)27-55(61(64(58)60)59(53)63(57)62)81-67-45(17)37(9)31(3)38(10)46(67)18/h25-28H,1-24H3. The number of amides is 2. The van der Waals surface area contributed by atoms with Crippen LogP contribution in [-0.2, 0) is 0 Å². The minimum Gasteiger partial charge on any atom is -0.456 e. The van der Waals surface area contributed by atoms with Crippen molar-refractivity contribution in [2.45, 2.75) is 138 Å². The summed E-state index contributed by atoms with van der Waals surface area (Å²) in [5.41, 5.74) is 24.1. The molecule has 0 aromatic heterocycles. The average Bonchev–Trinajstić information content (AvgIpc) is 0.764. The molecule has 10 heteroatoms. The highest BCUT2D eigenvalue weighted by Crippen LogP contribution is 2.59. The molecule has 420 valence electrons. The number of ether oxygens (including phenoxy) is 4. The molecule has 2 amide bonds. The molecule has 0 radical (unpaired) electrons. The maximum Gasteiger partial charge on any atom is 0.259 e. The van der Waals surface area contributed by atoms with Crippen molar-refractivity contribution in [1.29, 1.82) is 0 Å². The van der Waals surface area contributed by atoms with E-state index in [1.807, 2.05) is 12.1 Å². The summed E-state index contributed by atoms with van der Waals surface area (Å²) in [6.07, 6.45) is 0. The largest absolute Gasteiger partial charge is 0.456 e. The summed E-state index contributed by atoms with van der Waals surface area (Å²) < 4.78 is 30.8. The van der Waals surface area contributed by atoms with Crippen LogP contribution in [0, 0.1) is 138 Å². The molecule has 0 saturated carbocycles. The number of carbonyl (C=O) groups excluding carboxylic acids is 2. The van der Waals surface area contributed by atoms with Gasteiger partial charge in [-0.1, -0.05) is 0 Å². The highest BCUT2D eigenvalue weighted by Gasteiger charge is 2.40. The number of benzene rings is 9. The van der Waals surface area contributed by atoms with Gasteiger partial charge in [-0.15, -0.1) is 0 Å². The number of hydrogen-bond acceptors (Lipinski definition) is 8. The van der Waals surface area contributed by atoms with Gasteiger partial charge in [0.15, 0.2) is 0 Å². The first-order valence-corrected chi connectivity index (χ1v) is 28.5. The molecule has 0 unspecified atom stereocenters. The topological polar surface area (TPSA) is 102 Å². The van der Waals surface area contributed by atoms with Crippen LogP contribution in [0.1, 0.15) is 143 Å². The summed E-state index contributed by atoms with van der Waals surface area (Å²) in [5, 5.41) is 5.50. The Morgan fingerprint density at radius 2 is 0.451 bits per heavy atom. The van der Waals surface area contributed by atoms with E-state index in [9.17, 15) is 0 Å². The van der Waals surface area contributed by atoms with Crippen LogP contribution in [0.3, 0.4) is 0 Å². The molecule has 0 spiro atoms. The smallest absolute Gasteiger partial charge is 0.259 e. The highest BCUT2D eigenvalue weighted by molar-refractivity contribution is 6.45. The minimum atomic E-state index is -0.236. The molecule has 0 N–H and O–H groups in total. The lowest BCUT2D eigenvalue weighted by Crippen LogP contribution is -2.38. The molecule has 2 aliphatic rings. The van der Waals surface area contributed by atoms with Gasteiger partial charge < -0.3 is 18.9 Å². The van der Waals surface area contributed by atoms with E-state index in [0.717, 1.165) is 112 Å². The summed E-state index contributed by atoms with van der Waals surface area (Å²) in [6, 6.07) is 7.95. The summed E-state index contributed by atoms with van der Waals surface area (Å²) in [4.78, 5) is 44.0. The van der Waals surface area contributed by atoms with Crippen LogP contribution >= 0.6 is 0 Å². The van der Waals surface area contributed by atoms with E-state index in [1.54, 1.807) is 38.0 Å². The number of rotatable bonds is 8. The molecule has 2 aliphatic heterocycles. The van der Waals surface area contributed by atoms with Gasteiger partial charge in [0.2, 0.25) is 0 Å². The van der Waals surface area contributed by atoms with Crippen LogP contribution in [0.25, 0.3) is 43.1 Å². The molecule has 9 aromatic rings. The Balaban J connectivity index is 1.50. The van der Waals surface area contributed by atoms with Gasteiger partial charge in [0.25, 0.3) is 11.8 Å². The van der Waals surface area contributed by atoms with Gasteiger partial charge in [-0.2, -0.15) is 0 Å². The third-order valence-electron chi connectivity index (χ3n) is 20.3. The predicted octanol–water partition coefficient (Wildman–Crippen LogP) is 18.0. The number of hydrogen-bond donors (Lipinski definition) is 0. The lowest BCUT2D eigenvalue weighted by molar-refractivity contribution is 0.0862. The zero-order valence-corrected chi connectivity index (χ0v) is 52.5. The van der Waals surface area contributed by atoms with E-state index < -0.39 is 0 Å². The number of fused-ring (bicyclic) bond motifs is 2. The Labute approximate surface area is 483 Å². The lowest BCUT2D eigenvalue weighted by atomic mass is 9.80. The van der Waals surface area contributed by atoms with E-state index in [4.69, 9.17) is 28.9 Å². The number of amidine groups is 2. The van der Waals surface area contributed by atoms with Gasteiger partial charge in [-0.3, -0.25) is 29.4 Å². The molecule has 82 heavy (non-hydrogen) atoms. The molecule has 0 saturated heterocycles. The molecule has 2 heterocycles. The van der Waals surface area contributed by atoms with E-state index in [1.165, 1.54) is 22.3 Å². The van der Waals surface area contributed by atoms with E-state index in [-0.39, 0.29) is 11.8 Å². The normalized spacial score (nSPS) is 14.4. The third-order valence-corrected chi connectivity index (χ3v) is 20.3. The minimum absolute atomic E-state index is 0.236. The monoisotopic (exact) mass is 1090 g/mol. The summed E-state index contributed by atoms with van der Waals surface area (Å²) >= 11 is 0. The molecule has 10 nitrogen and oxygen atoms in total. The maximum absolute atomic E-state index is 15.5. The fourth-order valence-corrected chi connectivity index (χ4v) is 13.5. The first kappa shape index (κ1) is 55.7. The molecule has 11 rings (SSSR count). The molecule has 0 bridgehead atoms.